The largest absolute Gasteiger partial charge is 0.481 e. The Hall–Kier alpha value is -2.64. The fourth-order valence-corrected chi connectivity index (χ4v) is 1.50. The van der Waals surface area contributed by atoms with E-state index in [1.807, 2.05) is 0 Å². The van der Waals surface area contributed by atoms with E-state index in [-0.39, 0.29) is 18.4 Å². The molecule has 0 saturated heterocycles. The van der Waals surface area contributed by atoms with Crippen molar-refractivity contribution < 1.29 is 29.0 Å². The second-order valence-corrected chi connectivity index (χ2v) is 4.07. The second-order valence-electron chi connectivity index (χ2n) is 4.07. The number of hydrogen-bond acceptors (Lipinski definition) is 6. The molecule has 8 nitrogen and oxygen atoms in total. The Balaban J connectivity index is 2.66. The number of carboxylic acids is 1. The van der Waals surface area contributed by atoms with Gasteiger partial charge in [-0.05, 0) is 12.5 Å². The van der Waals surface area contributed by atoms with Crippen molar-refractivity contribution in [2.45, 2.75) is 18.9 Å². The Morgan fingerprint density at radius 2 is 2.05 bits per heavy atom. The lowest BCUT2D eigenvalue weighted by molar-refractivity contribution is -0.142. The summed E-state index contributed by atoms with van der Waals surface area (Å²) < 4.78 is 9.28. The van der Waals surface area contributed by atoms with Crippen LogP contribution < -0.4 is 10.1 Å². The molecule has 0 saturated carbocycles. The summed E-state index contributed by atoms with van der Waals surface area (Å²) in [6, 6.07) is 1.76. The van der Waals surface area contributed by atoms with Crippen molar-refractivity contribution in [3.05, 3.63) is 23.9 Å². The summed E-state index contributed by atoms with van der Waals surface area (Å²) in [5.41, 5.74) is 0.195. The predicted octanol–water partition coefficient (Wildman–Crippen LogP) is 0.226. The Bertz CT molecular complexity index is 514. The molecule has 1 rings (SSSR count). The molecular weight excluding hydrogens is 280 g/mol. The molecule has 1 atom stereocenters. The third-order valence-electron chi connectivity index (χ3n) is 2.68. The number of hydrogen-bond donors (Lipinski definition) is 2. The minimum atomic E-state index is -1.23. The lowest BCUT2D eigenvalue weighted by Crippen LogP contribution is -2.41. The molecule has 1 aromatic heterocycles. The van der Waals surface area contributed by atoms with Crippen molar-refractivity contribution in [3.63, 3.8) is 0 Å². The van der Waals surface area contributed by atoms with Gasteiger partial charge in [0.1, 0.15) is 6.04 Å². The molecule has 0 aliphatic rings. The highest BCUT2D eigenvalue weighted by molar-refractivity contribution is 5.96. The predicted molar refractivity (Wildman–Crippen MR) is 70.9 cm³/mol. The van der Waals surface area contributed by atoms with E-state index in [0.717, 1.165) is 0 Å². The van der Waals surface area contributed by atoms with Crippen LogP contribution in [-0.2, 0) is 14.3 Å². The SMILES string of the molecule is COC(=O)CC[C@H](NC(=O)c1ccc(OC)nc1)C(=O)O. The van der Waals surface area contributed by atoms with Crippen LogP contribution in [0, 0.1) is 0 Å². The van der Waals surface area contributed by atoms with Crippen molar-refractivity contribution in [3.8, 4) is 5.88 Å². The lowest BCUT2D eigenvalue weighted by atomic mass is 10.1. The molecule has 0 aromatic carbocycles. The number of nitrogens with zero attached hydrogens (tertiary/aromatic N) is 1. The van der Waals surface area contributed by atoms with Gasteiger partial charge in [-0.2, -0.15) is 0 Å². The van der Waals surface area contributed by atoms with Crippen molar-refractivity contribution >= 4 is 17.8 Å². The van der Waals surface area contributed by atoms with Gasteiger partial charge in [-0.25, -0.2) is 9.78 Å². The first-order valence-electron chi connectivity index (χ1n) is 6.08. The zero-order valence-corrected chi connectivity index (χ0v) is 11.7. The first kappa shape index (κ1) is 16.4. The van der Waals surface area contributed by atoms with Gasteiger partial charge in [0.2, 0.25) is 5.88 Å². The van der Waals surface area contributed by atoms with E-state index in [1.54, 1.807) is 0 Å². The summed E-state index contributed by atoms with van der Waals surface area (Å²) in [7, 11) is 2.65. The quantitative estimate of drug-likeness (QED) is 0.692. The van der Waals surface area contributed by atoms with E-state index in [2.05, 4.69) is 15.0 Å². The fraction of sp³-hybridized carbons (Fsp3) is 0.385. The minimum Gasteiger partial charge on any atom is -0.481 e. The van der Waals surface area contributed by atoms with Crippen LogP contribution in [0.3, 0.4) is 0 Å². The molecule has 0 aliphatic carbocycles. The topological polar surface area (TPSA) is 115 Å². The van der Waals surface area contributed by atoms with Gasteiger partial charge in [0.15, 0.2) is 0 Å². The molecule has 2 N–H and O–H groups in total. The number of carbonyl (C=O) groups excluding carboxylic acids is 2. The normalized spacial score (nSPS) is 11.3. The molecule has 21 heavy (non-hydrogen) atoms. The third kappa shape index (κ3) is 5.09. The molecule has 0 unspecified atom stereocenters. The summed E-state index contributed by atoms with van der Waals surface area (Å²) in [4.78, 5) is 37.8. The summed E-state index contributed by atoms with van der Waals surface area (Å²) in [6.45, 7) is 0. The van der Waals surface area contributed by atoms with Gasteiger partial charge in [0.05, 0.1) is 19.8 Å². The lowest BCUT2D eigenvalue weighted by Gasteiger charge is -2.13. The molecule has 0 spiro atoms. The zero-order chi connectivity index (χ0) is 15.8. The molecule has 0 radical (unpaired) electrons. The number of rotatable bonds is 7. The fourth-order valence-electron chi connectivity index (χ4n) is 1.50. The molecule has 0 bridgehead atoms. The number of carboxylic acid groups (broad SMARTS) is 1. The van der Waals surface area contributed by atoms with Crippen molar-refractivity contribution in [2.75, 3.05) is 14.2 Å². The molecule has 0 fully saturated rings. The van der Waals surface area contributed by atoms with Crippen LogP contribution in [0.25, 0.3) is 0 Å². The number of amides is 1. The van der Waals surface area contributed by atoms with Gasteiger partial charge in [0.25, 0.3) is 5.91 Å². The van der Waals surface area contributed by atoms with E-state index in [0.29, 0.717) is 5.88 Å². The van der Waals surface area contributed by atoms with Crippen LogP contribution in [0.2, 0.25) is 0 Å². The first-order valence-corrected chi connectivity index (χ1v) is 6.08. The Morgan fingerprint density at radius 3 is 2.52 bits per heavy atom. The van der Waals surface area contributed by atoms with Gasteiger partial charge in [-0.15, -0.1) is 0 Å². The molecule has 0 aliphatic heterocycles. The van der Waals surface area contributed by atoms with Crippen LogP contribution >= 0.6 is 0 Å². The van der Waals surface area contributed by atoms with Crippen molar-refractivity contribution in [1.29, 1.82) is 0 Å². The second kappa shape index (κ2) is 7.83. The maximum absolute atomic E-state index is 11.9. The van der Waals surface area contributed by atoms with Crippen LogP contribution in [0.4, 0.5) is 0 Å². The smallest absolute Gasteiger partial charge is 0.326 e. The summed E-state index contributed by atoms with van der Waals surface area (Å²) >= 11 is 0. The molecule has 1 aromatic rings. The van der Waals surface area contributed by atoms with Gasteiger partial charge in [-0.3, -0.25) is 9.59 Å². The molecule has 8 heteroatoms. The Kier molecular flexibility index (Phi) is 6.12. The summed E-state index contributed by atoms with van der Waals surface area (Å²) in [5, 5.41) is 11.4. The van der Waals surface area contributed by atoms with Crippen LogP contribution in [-0.4, -0.2) is 48.2 Å². The maximum Gasteiger partial charge on any atom is 0.326 e. The van der Waals surface area contributed by atoms with E-state index in [1.165, 1.54) is 32.5 Å². The highest BCUT2D eigenvalue weighted by atomic mass is 16.5. The van der Waals surface area contributed by atoms with Crippen molar-refractivity contribution in [1.82, 2.24) is 10.3 Å². The number of aromatic nitrogens is 1. The van der Waals surface area contributed by atoms with E-state index in [9.17, 15) is 14.4 Å². The highest BCUT2D eigenvalue weighted by Crippen LogP contribution is 2.08. The Morgan fingerprint density at radius 1 is 1.33 bits per heavy atom. The number of methoxy groups -OCH3 is 2. The number of esters is 1. The summed E-state index contributed by atoms with van der Waals surface area (Å²) in [5.74, 6) is -2.02. The average molecular weight is 296 g/mol. The van der Waals surface area contributed by atoms with Gasteiger partial charge >= 0.3 is 11.9 Å². The number of pyridine rings is 1. The first-order chi connectivity index (χ1) is 9.97. The van der Waals surface area contributed by atoms with Crippen LogP contribution in [0.5, 0.6) is 5.88 Å². The van der Waals surface area contributed by atoms with Crippen LogP contribution in [0.15, 0.2) is 18.3 Å². The number of nitrogens with one attached hydrogen (secondary N) is 1. The van der Waals surface area contributed by atoms with Gasteiger partial charge in [0, 0.05) is 18.7 Å². The summed E-state index contributed by atoms with van der Waals surface area (Å²) in [6.07, 6.45) is 1.11. The standard InChI is InChI=1S/C13H16N2O6/c1-20-10-5-3-8(7-14-10)12(17)15-9(13(18)19)4-6-11(16)21-2/h3,5,7,9H,4,6H2,1-2H3,(H,15,17)(H,18,19)/t9-/m0/s1. The molecule has 114 valence electrons. The van der Waals surface area contributed by atoms with E-state index >= 15 is 0 Å². The van der Waals surface area contributed by atoms with Gasteiger partial charge in [-0.1, -0.05) is 0 Å². The number of ether oxygens (including phenoxy) is 2. The van der Waals surface area contributed by atoms with Gasteiger partial charge < -0.3 is 19.9 Å². The zero-order valence-electron chi connectivity index (χ0n) is 11.7. The molecule has 1 amide bonds. The van der Waals surface area contributed by atoms with E-state index in [4.69, 9.17) is 9.84 Å². The highest BCUT2D eigenvalue weighted by Gasteiger charge is 2.22. The average Bonchev–Trinajstić information content (AvgIpc) is 2.50. The minimum absolute atomic E-state index is 0.0582. The molecular formula is C13H16N2O6. The maximum atomic E-state index is 11.9. The molecule has 1 heterocycles. The van der Waals surface area contributed by atoms with Crippen molar-refractivity contribution in [2.24, 2.45) is 0 Å². The monoisotopic (exact) mass is 296 g/mol. The number of carbonyl (C=O) groups is 3. The van der Waals surface area contributed by atoms with Crippen LogP contribution in [0.1, 0.15) is 23.2 Å². The third-order valence-corrected chi connectivity index (χ3v) is 2.68. The van der Waals surface area contributed by atoms with E-state index < -0.39 is 23.9 Å². The Labute approximate surface area is 121 Å². The number of aliphatic carboxylic acids is 1.